The monoisotopic (exact) mass is 198 g/mol. The van der Waals surface area contributed by atoms with Crippen LogP contribution < -0.4 is 11.1 Å². The number of nitrogens with two attached hydrogens (primary N) is 1. The molecule has 1 unspecified atom stereocenters. The van der Waals surface area contributed by atoms with Crippen LogP contribution in [0.15, 0.2) is 0 Å². The molecule has 0 spiro atoms. The van der Waals surface area contributed by atoms with Gasteiger partial charge in [-0.15, -0.1) is 0 Å². The van der Waals surface area contributed by atoms with E-state index in [0.29, 0.717) is 19.3 Å². The maximum Gasteiger partial charge on any atom is 0.246 e. The van der Waals surface area contributed by atoms with Crippen LogP contribution >= 0.6 is 0 Å². The number of nitrogens with one attached hydrogen (secondary N) is 1. The Morgan fingerprint density at radius 2 is 2.14 bits per heavy atom. The summed E-state index contributed by atoms with van der Waals surface area (Å²) >= 11 is 0. The largest absolute Gasteiger partial charge is 0.317 e. The SMILES string of the molecule is CCCCCC1(N)CCC(=O)NC1=O. The summed E-state index contributed by atoms with van der Waals surface area (Å²) < 4.78 is 0. The van der Waals surface area contributed by atoms with Crippen molar-refractivity contribution in [1.29, 1.82) is 0 Å². The van der Waals surface area contributed by atoms with Gasteiger partial charge in [0.1, 0.15) is 0 Å². The zero-order valence-electron chi connectivity index (χ0n) is 8.64. The number of carbonyl (C=O) groups excluding carboxylic acids is 2. The van der Waals surface area contributed by atoms with E-state index in [-0.39, 0.29) is 11.8 Å². The zero-order chi connectivity index (χ0) is 10.6. The van der Waals surface area contributed by atoms with Crippen molar-refractivity contribution in [2.24, 2.45) is 5.73 Å². The molecule has 0 saturated carbocycles. The number of hydrogen-bond acceptors (Lipinski definition) is 3. The van der Waals surface area contributed by atoms with Crippen LogP contribution in [-0.2, 0) is 9.59 Å². The number of unbranched alkanes of at least 4 members (excludes halogenated alkanes) is 2. The van der Waals surface area contributed by atoms with Gasteiger partial charge >= 0.3 is 0 Å². The molecule has 1 atom stereocenters. The Kier molecular flexibility index (Phi) is 3.63. The molecule has 1 rings (SSSR count). The van der Waals surface area contributed by atoms with Gasteiger partial charge in [-0.05, 0) is 12.8 Å². The summed E-state index contributed by atoms with van der Waals surface area (Å²) in [5, 5.41) is 2.29. The van der Waals surface area contributed by atoms with Crippen LogP contribution in [0, 0.1) is 0 Å². The lowest BCUT2D eigenvalue weighted by atomic mass is 9.85. The highest BCUT2D eigenvalue weighted by atomic mass is 16.2. The molecular weight excluding hydrogens is 180 g/mol. The molecule has 0 radical (unpaired) electrons. The first-order chi connectivity index (χ1) is 6.58. The summed E-state index contributed by atoms with van der Waals surface area (Å²) in [5.74, 6) is -0.503. The minimum absolute atomic E-state index is 0.202. The first-order valence-corrected chi connectivity index (χ1v) is 5.21. The van der Waals surface area contributed by atoms with Crippen LogP contribution in [0.4, 0.5) is 0 Å². The van der Waals surface area contributed by atoms with E-state index in [0.717, 1.165) is 19.3 Å². The number of amides is 2. The predicted molar refractivity (Wildman–Crippen MR) is 53.4 cm³/mol. The van der Waals surface area contributed by atoms with Crippen LogP contribution in [-0.4, -0.2) is 17.4 Å². The fourth-order valence-electron chi connectivity index (χ4n) is 1.69. The minimum Gasteiger partial charge on any atom is -0.317 e. The molecule has 14 heavy (non-hydrogen) atoms. The highest BCUT2D eigenvalue weighted by Crippen LogP contribution is 2.21. The molecule has 1 aliphatic rings. The molecular formula is C10H18N2O2. The molecule has 0 aliphatic carbocycles. The Labute approximate surface area is 84.2 Å². The van der Waals surface area contributed by atoms with Gasteiger partial charge in [0.05, 0.1) is 5.54 Å². The third-order valence-corrected chi connectivity index (χ3v) is 2.73. The van der Waals surface area contributed by atoms with Gasteiger partial charge in [-0.25, -0.2) is 0 Å². The molecule has 0 aromatic carbocycles. The molecule has 0 aromatic heterocycles. The predicted octanol–water partition coefficient (Wildman–Crippen LogP) is 0.701. The molecule has 1 saturated heterocycles. The third-order valence-electron chi connectivity index (χ3n) is 2.73. The van der Waals surface area contributed by atoms with Gasteiger partial charge in [-0.1, -0.05) is 26.2 Å². The van der Waals surface area contributed by atoms with E-state index in [1.54, 1.807) is 0 Å². The quantitative estimate of drug-likeness (QED) is 0.516. The second kappa shape index (κ2) is 4.55. The second-order valence-corrected chi connectivity index (χ2v) is 3.99. The Morgan fingerprint density at radius 3 is 2.71 bits per heavy atom. The zero-order valence-corrected chi connectivity index (χ0v) is 8.64. The lowest BCUT2D eigenvalue weighted by Gasteiger charge is -2.31. The number of piperidine rings is 1. The van der Waals surface area contributed by atoms with Gasteiger partial charge in [-0.2, -0.15) is 0 Å². The van der Waals surface area contributed by atoms with Crippen molar-refractivity contribution < 1.29 is 9.59 Å². The number of carbonyl (C=O) groups is 2. The van der Waals surface area contributed by atoms with E-state index < -0.39 is 5.54 Å². The molecule has 0 bridgehead atoms. The molecule has 3 N–H and O–H groups in total. The first kappa shape index (κ1) is 11.2. The summed E-state index contributed by atoms with van der Waals surface area (Å²) in [6.45, 7) is 2.10. The van der Waals surface area contributed by atoms with Crippen LogP contribution in [0.3, 0.4) is 0 Å². The summed E-state index contributed by atoms with van der Waals surface area (Å²) in [6.07, 6.45) is 4.68. The van der Waals surface area contributed by atoms with E-state index in [2.05, 4.69) is 12.2 Å². The Hall–Kier alpha value is -0.900. The maximum atomic E-state index is 11.5. The van der Waals surface area contributed by atoms with E-state index in [9.17, 15) is 9.59 Å². The molecule has 4 heteroatoms. The fourth-order valence-corrected chi connectivity index (χ4v) is 1.69. The van der Waals surface area contributed by atoms with E-state index in [1.807, 2.05) is 0 Å². The minimum atomic E-state index is -0.803. The van der Waals surface area contributed by atoms with E-state index in [1.165, 1.54) is 0 Å². The average molecular weight is 198 g/mol. The summed E-state index contributed by atoms with van der Waals surface area (Å²) in [6, 6.07) is 0. The van der Waals surface area contributed by atoms with Crippen molar-refractivity contribution >= 4 is 11.8 Å². The van der Waals surface area contributed by atoms with Gasteiger partial charge < -0.3 is 5.73 Å². The smallest absolute Gasteiger partial charge is 0.246 e. The summed E-state index contributed by atoms with van der Waals surface area (Å²) in [5.41, 5.74) is 5.14. The van der Waals surface area contributed by atoms with Crippen LogP contribution in [0.5, 0.6) is 0 Å². The van der Waals surface area contributed by atoms with Crippen molar-refractivity contribution in [3.05, 3.63) is 0 Å². The highest BCUT2D eigenvalue weighted by Gasteiger charge is 2.38. The van der Waals surface area contributed by atoms with Gasteiger partial charge in [-0.3, -0.25) is 14.9 Å². The molecule has 1 heterocycles. The molecule has 0 aromatic rings. The van der Waals surface area contributed by atoms with Crippen molar-refractivity contribution in [3.63, 3.8) is 0 Å². The number of rotatable bonds is 4. The molecule has 1 fully saturated rings. The van der Waals surface area contributed by atoms with E-state index >= 15 is 0 Å². The normalized spacial score (nSPS) is 27.6. The Balaban J connectivity index is 2.47. The Bertz CT molecular complexity index is 240. The van der Waals surface area contributed by atoms with Gasteiger partial charge in [0, 0.05) is 6.42 Å². The summed E-state index contributed by atoms with van der Waals surface area (Å²) in [7, 11) is 0. The maximum absolute atomic E-state index is 11.5. The van der Waals surface area contributed by atoms with Crippen molar-refractivity contribution in [2.75, 3.05) is 0 Å². The van der Waals surface area contributed by atoms with Crippen molar-refractivity contribution in [1.82, 2.24) is 5.32 Å². The van der Waals surface area contributed by atoms with Gasteiger partial charge in [0.25, 0.3) is 0 Å². The first-order valence-electron chi connectivity index (χ1n) is 5.21. The van der Waals surface area contributed by atoms with Crippen molar-refractivity contribution in [3.8, 4) is 0 Å². The lowest BCUT2D eigenvalue weighted by molar-refractivity contribution is -0.137. The highest BCUT2D eigenvalue weighted by molar-refractivity contribution is 6.02. The van der Waals surface area contributed by atoms with Gasteiger partial charge in [0.2, 0.25) is 11.8 Å². The summed E-state index contributed by atoms with van der Waals surface area (Å²) in [4.78, 5) is 22.4. The lowest BCUT2D eigenvalue weighted by Crippen LogP contribution is -2.59. The average Bonchev–Trinajstić information content (AvgIpc) is 2.13. The van der Waals surface area contributed by atoms with Gasteiger partial charge in [0.15, 0.2) is 0 Å². The number of imide groups is 1. The molecule has 80 valence electrons. The van der Waals surface area contributed by atoms with Crippen LogP contribution in [0.2, 0.25) is 0 Å². The molecule has 1 aliphatic heterocycles. The van der Waals surface area contributed by atoms with Crippen LogP contribution in [0.1, 0.15) is 45.4 Å². The third kappa shape index (κ3) is 2.54. The Morgan fingerprint density at radius 1 is 1.43 bits per heavy atom. The fraction of sp³-hybridized carbons (Fsp3) is 0.800. The topological polar surface area (TPSA) is 72.2 Å². The van der Waals surface area contributed by atoms with Crippen LogP contribution in [0.25, 0.3) is 0 Å². The molecule has 2 amide bonds. The van der Waals surface area contributed by atoms with E-state index in [4.69, 9.17) is 5.73 Å². The van der Waals surface area contributed by atoms with Crippen molar-refractivity contribution in [2.45, 2.75) is 51.0 Å². The number of hydrogen-bond donors (Lipinski definition) is 2. The molecule has 4 nitrogen and oxygen atoms in total. The second-order valence-electron chi connectivity index (χ2n) is 3.99. The standard InChI is InChI=1S/C10H18N2O2/c1-2-3-4-6-10(11)7-5-8(13)12-9(10)14/h2-7,11H2,1H3,(H,12,13,14).